The molecule has 0 saturated carbocycles. The molecule has 0 heterocycles. The smallest absolute Gasteiger partial charge is 0.253 e. The monoisotopic (exact) mass is 410 g/mol. The van der Waals surface area contributed by atoms with E-state index in [1.807, 2.05) is 0 Å². The maximum atomic E-state index is 12.7. The highest BCUT2D eigenvalue weighted by atomic mass is 16.5. The fourth-order valence-electron chi connectivity index (χ4n) is 2.64. The van der Waals surface area contributed by atoms with E-state index < -0.39 is 11.8 Å². The number of nitrogens with zero attached hydrogens (tertiary/aromatic N) is 1. The molecule has 2 amide bonds. The number of aromatic hydroxyl groups is 2. The van der Waals surface area contributed by atoms with Crippen LogP contribution in [0.1, 0.15) is 24.0 Å². The second-order valence-electron chi connectivity index (χ2n) is 6.51. The lowest BCUT2D eigenvalue weighted by Crippen LogP contribution is -2.35. The fourth-order valence-corrected chi connectivity index (χ4v) is 2.64. The second kappa shape index (κ2) is 11.4. The quantitative estimate of drug-likeness (QED) is 0.433. The minimum absolute atomic E-state index is 0.000988. The number of methoxy groups -OCH3 is 1. The lowest BCUT2D eigenvalue weighted by atomic mass is 10.1. The average Bonchev–Trinajstić information content (AvgIpc) is 2.75. The van der Waals surface area contributed by atoms with Crippen LogP contribution in [0.2, 0.25) is 0 Å². The van der Waals surface area contributed by atoms with Crippen LogP contribution in [-0.2, 0) is 9.59 Å². The molecule has 2 aromatic rings. The summed E-state index contributed by atoms with van der Waals surface area (Å²) in [6.45, 7) is 0.723. The van der Waals surface area contributed by atoms with Gasteiger partial charge in [0.25, 0.3) is 11.8 Å². The van der Waals surface area contributed by atoms with Crippen molar-refractivity contribution in [1.29, 1.82) is 0 Å². The average molecular weight is 410 g/mol. The number of imide groups is 1. The summed E-state index contributed by atoms with van der Waals surface area (Å²) in [5.41, 5.74) is 6.89. The van der Waals surface area contributed by atoms with Crippen molar-refractivity contribution in [2.75, 3.05) is 20.2 Å². The third-order valence-electron chi connectivity index (χ3n) is 4.30. The number of nitrogens with two attached hydrogens (primary N) is 1. The fraction of sp³-hybridized carbons (Fsp3) is 0.217. The van der Waals surface area contributed by atoms with E-state index >= 15 is 0 Å². The summed E-state index contributed by atoms with van der Waals surface area (Å²) in [4.78, 5) is 26.4. The van der Waals surface area contributed by atoms with E-state index in [0.717, 1.165) is 10.5 Å². The molecule has 0 bridgehead atoms. The number of phenols is 2. The number of ether oxygens (including phenoxy) is 1. The molecule has 0 aromatic heterocycles. The second-order valence-corrected chi connectivity index (χ2v) is 6.51. The molecule has 0 saturated heterocycles. The van der Waals surface area contributed by atoms with Crippen molar-refractivity contribution in [3.63, 3.8) is 0 Å². The normalized spacial score (nSPS) is 11.1. The van der Waals surface area contributed by atoms with Crippen LogP contribution in [0.5, 0.6) is 17.2 Å². The molecule has 0 aliphatic carbocycles. The van der Waals surface area contributed by atoms with E-state index in [1.165, 1.54) is 37.5 Å². The zero-order valence-corrected chi connectivity index (χ0v) is 16.8. The molecule has 0 spiro atoms. The van der Waals surface area contributed by atoms with Gasteiger partial charge in [-0.05, 0) is 66.9 Å². The van der Waals surface area contributed by atoms with Gasteiger partial charge in [-0.15, -0.1) is 0 Å². The predicted octanol–water partition coefficient (Wildman–Crippen LogP) is 2.93. The van der Waals surface area contributed by atoms with Gasteiger partial charge in [0.05, 0.1) is 7.11 Å². The number of carbonyl (C=O) groups excluding carboxylic acids is 2. The Morgan fingerprint density at radius 2 is 1.57 bits per heavy atom. The van der Waals surface area contributed by atoms with Crippen molar-refractivity contribution in [2.45, 2.75) is 12.8 Å². The van der Waals surface area contributed by atoms with E-state index in [4.69, 9.17) is 10.5 Å². The van der Waals surface area contributed by atoms with Crippen LogP contribution in [0.3, 0.4) is 0 Å². The minimum Gasteiger partial charge on any atom is -0.508 e. The first kappa shape index (κ1) is 22.7. The molecule has 7 heteroatoms. The Kier molecular flexibility index (Phi) is 8.65. The number of benzene rings is 2. The van der Waals surface area contributed by atoms with E-state index in [0.29, 0.717) is 24.9 Å². The molecule has 0 aliphatic heterocycles. The first-order valence-electron chi connectivity index (χ1n) is 9.52. The van der Waals surface area contributed by atoms with E-state index in [2.05, 4.69) is 0 Å². The van der Waals surface area contributed by atoms with Gasteiger partial charge in [0.15, 0.2) is 11.5 Å². The summed E-state index contributed by atoms with van der Waals surface area (Å²) >= 11 is 0. The van der Waals surface area contributed by atoms with Crippen molar-refractivity contribution in [2.24, 2.45) is 5.73 Å². The van der Waals surface area contributed by atoms with Gasteiger partial charge in [-0.3, -0.25) is 14.5 Å². The van der Waals surface area contributed by atoms with Gasteiger partial charge in [-0.2, -0.15) is 0 Å². The summed E-state index contributed by atoms with van der Waals surface area (Å²) < 4.78 is 5.05. The molecular formula is C23H26N2O5. The first-order valence-corrected chi connectivity index (χ1v) is 9.52. The number of amides is 2. The molecular weight excluding hydrogens is 384 g/mol. The Balaban J connectivity index is 2.14. The maximum Gasteiger partial charge on any atom is 0.253 e. The summed E-state index contributed by atoms with van der Waals surface area (Å²) in [6.07, 6.45) is 7.06. The summed E-state index contributed by atoms with van der Waals surface area (Å²) in [6, 6.07) is 11.0. The van der Waals surface area contributed by atoms with Gasteiger partial charge in [-0.25, -0.2) is 0 Å². The number of unbranched alkanes of at least 4 members (excludes halogenated alkanes) is 1. The predicted molar refractivity (Wildman–Crippen MR) is 116 cm³/mol. The zero-order chi connectivity index (χ0) is 21.9. The number of carbonyl (C=O) groups is 2. The van der Waals surface area contributed by atoms with Crippen molar-refractivity contribution < 1.29 is 24.5 Å². The Morgan fingerprint density at radius 1 is 0.967 bits per heavy atom. The number of rotatable bonds is 9. The van der Waals surface area contributed by atoms with Gasteiger partial charge in [0.1, 0.15) is 5.75 Å². The van der Waals surface area contributed by atoms with Crippen LogP contribution in [-0.4, -0.2) is 47.1 Å². The molecule has 30 heavy (non-hydrogen) atoms. The van der Waals surface area contributed by atoms with Gasteiger partial charge in [-0.1, -0.05) is 18.2 Å². The van der Waals surface area contributed by atoms with Crippen LogP contribution < -0.4 is 10.5 Å². The van der Waals surface area contributed by atoms with Gasteiger partial charge < -0.3 is 20.7 Å². The van der Waals surface area contributed by atoms with Crippen LogP contribution in [0.15, 0.2) is 54.6 Å². The highest BCUT2D eigenvalue weighted by Crippen LogP contribution is 2.26. The van der Waals surface area contributed by atoms with Crippen LogP contribution >= 0.6 is 0 Å². The third-order valence-corrected chi connectivity index (χ3v) is 4.30. The number of hydrogen-bond donors (Lipinski definition) is 3. The van der Waals surface area contributed by atoms with Crippen LogP contribution in [0.4, 0.5) is 0 Å². The molecule has 4 N–H and O–H groups in total. The Bertz CT molecular complexity index is 920. The van der Waals surface area contributed by atoms with E-state index in [9.17, 15) is 19.8 Å². The van der Waals surface area contributed by atoms with Gasteiger partial charge in [0.2, 0.25) is 0 Å². The molecule has 0 unspecified atom stereocenters. The minimum atomic E-state index is -0.459. The van der Waals surface area contributed by atoms with E-state index in [1.54, 1.807) is 36.4 Å². The summed E-state index contributed by atoms with van der Waals surface area (Å²) in [7, 11) is 1.44. The standard InChI is InChI=1S/C23H26N2O5/c1-30-21-16-18(6-11-20(21)27)8-13-23(29)25(15-3-2-14-24)22(28)12-7-17-4-9-19(26)10-5-17/h4-13,16,26-27H,2-3,14-15,24H2,1H3. The highest BCUT2D eigenvalue weighted by Gasteiger charge is 2.16. The Labute approximate surface area is 175 Å². The van der Waals surface area contributed by atoms with Crippen molar-refractivity contribution in [1.82, 2.24) is 4.90 Å². The number of hydrogen-bond acceptors (Lipinski definition) is 6. The number of phenolic OH excluding ortho intramolecular Hbond substituents is 2. The topological polar surface area (TPSA) is 113 Å². The molecule has 0 aliphatic rings. The van der Waals surface area contributed by atoms with Crippen LogP contribution in [0, 0.1) is 0 Å². The van der Waals surface area contributed by atoms with Gasteiger partial charge in [0, 0.05) is 18.7 Å². The molecule has 0 fully saturated rings. The first-order chi connectivity index (χ1) is 14.4. The third kappa shape index (κ3) is 6.79. The molecule has 2 aromatic carbocycles. The highest BCUT2D eigenvalue weighted by molar-refractivity contribution is 6.07. The SMILES string of the molecule is COc1cc(C=CC(=O)N(CCCCN)C(=O)C=Cc2ccc(O)cc2)ccc1O. The van der Waals surface area contributed by atoms with Crippen molar-refractivity contribution >= 4 is 24.0 Å². The lowest BCUT2D eigenvalue weighted by molar-refractivity contribution is -0.138. The molecule has 158 valence electrons. The van der Waals surface area contributed by atoms with Crippen molar-refractivity contribution in [3.8, 4) is 17.2 Å². The molecule has 0 atom stereocenters. The van der Waals surface area contributed by atoms with Crippen molar-refractivity contribution in [3.05, 3.63) is 65.7 Å². The van der Waals surface area contributed by atoms with Crippen LogP contribution in [0.25, 0.3) is 12.2 Å². The Hall–Kier alpha value is -3.58. The molecule has 2 rings (SSSR count). The zero-order valence-electron chi connectivity index (χ0n) is 16.8. The Morgan fingerprint density at radius 3 is 2.17 bits per heavy atom. The summed E-state index contributed by atoms with van der Waals surface area (Å²) in [5.74, 6) is -0.484. The summed E-state index contributed by atoms with van der Waals surface area (Å²) in [5, 5.41) is 19.0. The molecule has 7 nitrogen and oxygen atoms in total. The maximum absolute atomic E-state index is 12.7. The van der Waals surface area contributed by atoms with E-state index in [-0.39, 0.29) is 23.8 Å². The lowest BCUT2D eigenvalue weighted by Gasteiger charge is -2.17. The molecule has 0 radical (unpaired) electrons. The largest absolute Gasteiger partial charge is 0.508 e. The van der Waals surface area contributed by atoms with Gasteiger partial charge >= 0.3 is 0 Å².